The number of rotatable bonds is 5. The largest absolute Gasteiger partial charge is 0.352 e. The molecule has 0 spiro atoms. The minimum Gasteiger partial charge on any atom is -0.320 e. The lowest BCUT2D eigenvalue weighted by Gasteiger charge is -2.13. The quantitative estimate of drug-likeness (QED) is 0.524. The number of benzene rings is 3. The molecule has 0 fully saturated rings. The first-order valence-corrected chi connectivity index (χ1v) is 9.82. The number of carbonyl (C=O) groups excluding carboxylic acids is 1. The van der Waals surface area contributed by atoms with Crippen molar-refractivity contribution in [2.24, 2.45) is 0 Å². The van der Waals surface area contributed by atoms with Gasteiger partial charge < -0.3 is 5.32 Å². The molecule has 1 amide bonds. The summed E-state index contributed by atoms with van der Waals surface area (Å²) in [4.78, 5) is 39.1. The van der Waals surface area contributed by atoms with Crippen molar-refractivity contribution >= 4 is 23.2 Å². The molecule has 0 aliphatic heterocycles. The summed E-state index contributed by atoms with van der Waals surface area (Å²) in [6.45, 7) is -0.0989. The Labute approximate surface area is 182 Å². The van der Waals surface area contributed by atoms with Crippen molar-refractivity contribution in [2.75, 3.05) is 5.32 Å². The summed E-state index contributed by atoms with van der Waals surface area (Å²) in [5, 5.41) is 7.14. The third-order valence-corrected chi connectivity index (χ3v) is 4.96. The van der Waals surface area contributed by atoms with Gasteiger partial charge in [-0.3, -0.25) is 14.2 Å². The highest BCUT2D eigenvalue weighted by molar-refractivity contribution is 6.31. The predicted molar refractivity (Wildman–Crippen MR) is 119 cm³/mol. The van der Waals surface area contributed by atoms with Crippen molar-refractivity contribution in [1.29, 1.82) is 0 Å². The molecule has 1 heterocycles. The Hall–Kier alpha value is -3.97. The average molecular weight is 433 g/mol. The lowest BCUT2D eigenvalue weighted by molar-refractivity contribution is 0.101. The predicted octanol–water partition coefficient (Wildman–Crippen LogP) is 3.35. The van der Waals surface area contributed by atoms with Gasteiger partial charge in [-0.05, 0) is 35.9 Å². The number of aromatic nitrogens is 3. The maximum Gasteiger partial charge on any atom is 0.352 e. The van der Waals surface area contributed by atoms with Crippen LogP contribution >= 0.6 is 11.6 Å². The van der Waals surface area contributed by atoms with Crippen LogP contribution in [0.2, 0.25) is 5.02 Å². The first-order valence-electron chi connectivity index (χ1n) is 9.44. The van der Waals surface area contributed by atoms with Crippen LogP contribution < -0.4 is 16.6 Å². The fourth-order valence-corrected chi connectivity index (χ4v) is 3.24. The lowest BCUT2D eigenvalue weighted by Crippen LogP contribution is -2.45. The van der Waals surface area contributed by atoms with E-state index in [2.05, 4.69) is 10.4 Å². The van der Waals surface area contributed by atoms with Gasteiger partial charge in [0.25, 0.3) is 11.5 Å². The smallest absolute Gasteiger partial charge is 0.320 e. The summed E-state index contributed by atoms with van der Waals surface area (Å²) >= 11 is 6.23. The van der Waals surface area contributed by atoms with E-state index in [0.29, 0.717) is 22.0 Å². The molecule has 4 aromatic rings. The van der Waals surface area contributed by atoms with Crippen LogP contribution in [0.15, 0.2) is 94.5 Å². The van der Waals surface area contributed by atoms with E-state index in [1.807, 2.05) is 0 Å². The lowest BCUT2D eigenvalue weighted by atomic mass is 10.2. The van der Waals surface area contributed by atoms with Gasteiger partial charge in [-0.15, -0.1) is 0 Å². The van der Waals surface area contributed by atoms with Crippen LogP contribution in [0.25, 0.3) is 5.69 Å². The van der Waals surface area contributed by atoms with E-state index < -0.39 is 22.9 Å². The molecule has 0 atom stereocenters. The molecule has 0 saturated heterocycles. The number of para-hydroxylation sites is 2. The molecule has 0 radical (unpaired) electrons. The number of carbonyl (C=O) groups is 1. The van der Waals surface area contributed by atoms with E-state index in [1.54, 1.807) is 84.9 Å². The van der Waals surface area contributed by atoms with Crippen LogP contribution in [0.4, 0.5) is 5.69 Å². The van der Waals surface area contributed by atoms with Crippen molar-refractivity contribution in [1.82, 2.24) is 14.3 Å². The molecule has 154 valence electrons. The molecule has 3 aromatic carbocycles. The van der Waals surface area contributed by atoms with Crippen molar-refractivity contribution < 1.29 is 4.79 Å². The van der Waals surface area contributed by atoms with Crippen LogP contribution in [0.3, 0.4) is 0 Å². The SMILES string of the molecule is O=C(Nc1ccccc1)c1nn(-c2ccccc2)c(=O)n(Cc2ccccc2Cl)c1=O. The van der Waals surface area contributed by atoms with Gasteiger partial charge >= 0.3 is 5.69 Å². The highest BCUT2D eigenvalue weighted by atomic mass is 35.5. The van der Waals surface area contributed by atoms with Gasteiger partial charge in [-0.25, -0.2) is 4.79 Å². The van der Waals surface area contributed by atoms with Crippen molar-refractivity contribution in [2.45, 2.75) is 6.54 Å². The zero-order valence-electron chi connectivity index (χ0n) is 16.2. The summed E-state index contributed by atoms with van der Waals surface area (Å²) in [7, 11) is 0. The summed E-state index contributed by atoms with van der Waals surface area (Å²) in [6, 6.07) is 24.2. The van der Waals surface area contributed by atoms with E-state index >= 15 is 0 Å². The summed E-state index contributed by atoms with van der Waals surface area (Å²) in [6.07, 6.45) is 0. The van der Waals surface area contributed by atoms with Gasteiger partial charge in [0.15, 0.2) is 0 Å². The van der Waals surface area contributed by atoms with Gasteiger partial charge in [-0.2, -0.15) is 9.78 Å². The van der Waals surface area contributed by atoms with Crippen LogP contribution in [0.1, 0.15) is 16.1 Å². The summed E-state index contributed by atoms with van der Waals surface area (Å²) in [5.74, 6) is -0.714. The van der Waals surface area contributed by atoms with Gasteiger partial charge in [0.05, 0.1) is 12.2 Å². The Morgan fingerprint density at radius 1 is 0.871 bits per heavy atom. The molecule has 7 nitrogen and oxygen atoms in total. The number of hydrogen-bond donors (Lipinski definition) is 1. The molecule has 0 aliphatic rings. The molecule has 8 heteroatoms. The topological polar surface area (TPSA) is 86.0 Å². The Morgan fingerprint density at radius 2 is 1.48 bits per heavy atom. The Kier molecular flexibility index (Phi) is 5.77. The normalized spacial score (nSPS) is 10.6. The van der Waals surface area contributed by atoms with Crippen LogP contribution in [-0.4, -0.2) is 20.3 Å². The summed E-state index contributed by atoms with van der Waals surface area (Å²) < 4.78 is 2.00. The monoisotopic (exact) mass is 432 g/mol. The van der Waals surface area contributed by atoms with Crippen LogP contribution in [0.5, 0.6) is 0 Å². The third kappa shape index (κ3) is 4.31. The highest BCUT2D eigenvalue weighted by Gasteiger charge is 2.21. The van der Waals surface area contributed by atoms with Crippen LogP contribution in [0, 0.1) is 0 Å². The number of halogens is 1. The molecule has 0 bridgehead atoms. The number of anilines is 1. The number of hydrogen-bond acceptors (Lipinski definition) is 4. The van der Waals surface area contributed by atoms with E-state index in [4.69, 9.17) is 11.6 Å². The first-order chi connectivity index (χ1) is 15.0. The van der Waals surface area contributed by atoms with Crippen molar-refractivity contribution in [3.05, 3.63) is 122 Å². The van der Waals surface area contributed by atoms with Crippen molar-refractivity contribution in [3.8, 4) is 5.69 Å². The minimum atomic E-state index is -0.800. The van der Waals surface area contributed by atoms with Gasteiger partial charge in [0.1, 0.15) is 0 Å². The molecule has 0 aliphatic carbocycles. The maximum atomic E-state index is 13.1. The molecule has 0 saturated carbocycles. The maximum absolute atomic E-state index is 13.1. The van der Waals surface area contributed by atoms with Crippen molar-refractivity contribution in [3.63, 3.8) is 0 Å². The standard InChI is InChI=1S/C23H17ClN4O3/c24-19-14-8-7-9-16(19)15-27-22(30)20(21(29)25-17-10-3-1-4-11-17)26-28(23(27)31)18-12-5-2-6-13-18/h1-14H,15H2,(H,25,29). The molecular weight excluding hydrogens is 416 g/mol. The van der Waals surface area contributed by atoms with E-state index in [-0.39, 0.29) is 6.54 Å². The molecular formula is C23H17ClN4O3. The number of amides is 1. The summed E-state index contributed by atoms with van der Waals surface area (Å²) in [5.41, 5.74) is -0.376. The van der Waals surface area contributed by atoms with Gasteiger partial charge in [-0.1, -0.05) is 66.2 Å². The van der Waals surface area contributed by atoms with Gasteiger partial charge in [0, 0.05) is 10.7 Å². The first kappa shape index (κ1) is 20.3. The Morgan fingerprint density at radius 3 is 2.16 bits per heavy atom. The molecule has 4 rings (SSSR count). The van der Waals surface area contributed by atoms with Gasteiger partial charge in [0.2, 0.25) is 5.69 Å². The second kappa shape index (κ2) is 8.81. The van der Waals surface area contributed by atoms with E-state index in [1.165, 1.54) is 0 Å². The molecule has 0 unspecified atom stereocenters. The average Bonchev–Trinajstić information content (AvgIpc) is 2.79. The second-order valence-corrected chi connectivity index (χ2v) is 7.09. The zero-order valence-corrected chi connectivity index (χ0v) is 17.0. The minimum absolute atomic E-state index is 0.0989. The Balaban J connectivity index is 1.86. The Bertz CT molecular complexity index is 1350. The van der Waals surface area contributed by atoms with Crippen LogP contribution in [-0.2, 0) is 6.54 Å². The second-order valence-electron chi connectivity index (χ2n) is 6.68. The molecule has 1 N–H and O–H groups in total. The van der Waals surface area contributed by atoms with E-state index in [9.17, 15) is 14.4 Å². The third-order valence-electron chi connectivity index (χ3n) is 4.59. The van der Waals surface area contributed by atoms with E-state index in [0.717, 1.165) is 9.25 Å². The molecule has 31 heavy (non-hydrogen) atoms. The zero-order chi connectivity index (χ0) is 21.8. The fourth-order valence-electron chi connectivity index (χ4n) is 3.04. The highest BCUT2D eigenvalue weighted by Crippen LogP contribution is 2.15. The number of nitrogens with one attached hydrogen (secondary N) is 1. The fraction of sp³-hybridized carbons (Fsp3) is 0.0435. The molecule has 1 aromatic heterocycles. The number of nitrogens with zero attached hydrogens (tertiary/aromatic N) is 3.